The van der Waals surface area contributed by atoms with Gasteiger partial charge in [-0.2, -0.15) is 13.2 Å². The summed E-state index contributed by atoms with van der Waals surface area (Å²) >= 11 is 0. The molecule has 0 bridgehead atoms. The van der Waals surface area contributed by atoms with E-state index in [9.17, 15) is 27.6 Å². The molecule has 3 rings (SSSR count). The SMILES string of the molecule is COc1ccc(C2(Cn3cccc(C(F)(F)F)c3=O)NC(=O)NC2=O)cc1. The van der Waals surface area contributed by atoms with Crippen molar-refractivity contribution in [2.75, 3.05) is 7.11 Å². The van der Waals surface area contributed by atoms with Crippen molar-refractivity contribution in [2.45, 2.75) is 18.3 Å². The lowest BCUT2D eigenvalue weighted by molar-refractivity contribution is -0.139. The third-order valence-corrected chi connectivity index (χ3v) is 4.26. The minimum absolute atomic E-state index is 0.288. The number of carbonyl (C=O) groups excluding carboxylic acids is 2. The zero-order chi connectivity index (χ0) is 19.8. The highest BCUT2D eigenvalue weighted by atomic mass is 19.4. The number of hydrogen-bond donors (Lipinski definition) is 2. The number of imide groups is 1. The van der Waals surface area contributed by atoms with Crippen molar-refractivity contribution in [1.29, 1.82) is 0 Å². The lowest BCUT2D eigenvalue weighted by Crippen LogP contribution is -2.49. The Morgan fingerprint density at radius 3 is 2.30 bits per heavy atom. The lowest BCUT2D eigenvalue weighted by Gasteiger charge is -2.27. The molecule has 1 aromatic carbocycles. The maximum absolute atomic E-state index is 13.0. The van der Waals surface area contributed by atoms with Crippen LogP contribution in [0.3, 0.4) is 0 Å². The molecule has 2 N–H and O–H groups in total. The number of amides is 3. The van der Waals surface area contributed by atoms with Gasteiger partial charge in [-0.1, -0.05) is 12.1 Å². The first-order chi connectivity index (χ1) is 12.7. The molecule has 1 fully saturated rings. The summed E-state index contributed by atoms with van der Waals surface area (Å²) in [6.45, 7) is -0.514. The summed E-state index contributed by atoms with van der Waals surface area (Å²) in [7, 11) is 1.44. The van der Waals surface area contributed by atoms with Gasteiger partial charge in [-0.05, 0) is 29.8 Å². The van der Waals surface area contributed by atoms with Crippen LogP contribution in [-0.2, 0) is 23.1 Å². The largest absolute Gasteiger partial charge is 0.497 e. The molecule has 0 saturated carbocycles. The number of ether oxygens (including phenoxy) is 1. The first-order valence-electron chi connectivity index (χ1n) is 7.72. The van der Waals surface area contributed by atoms with Gasteiger partial charge in [0.1, 0.15) is 11.3 Å². The van der Waals surface area contributed by atoms with Crippen molar-refractivity contribution in [3.8, 4) is 5.75 Å². The van der Waals surface area contributed by atoms with Gasteiger partial charge < -0.3 is 14.6 Å². The van der Waals surface area contributed by atoms with E-state index >= 15 is 0 Å². The Morgan fingerprint density at radius 2 is 1.78 bits per heavy atom. The van der Waals surface area contributed by atoms with Crippen LogP contribution in [-0.4, -0.2) is 23.6 Å². The average molecular weight is 381 g/mol. The number of rotatable bonds is 4. The fourth-order valence-corrected chi connectivity index (χ4v) is 2.91. The first kappa shape index (κ1) is 18.5. The van der Waals surface area contributed by atoms with Gasteiger partial charge in [0.05, 0.1) is 13.7 Å². The molecule has 7 nitrogen and oxygen atoms in total. The molecule has 10 heteroatoms. The van der Waals surface area contributed by atoms with Gasteiger partial charge in [0.15, 0.2) is 5.54 Å². The number of nitrogens with one attached hydrogen (secondary N) is 2. The second kappa shape index (κ2) is 6.45. The predicted molar refractivity (Wildman–Crippen MR) is 87.1 cm³/mol. The molecular formula is C17H14F3N3O4. The van der Waals surface area contributed by atoms with Crippen LogP contribution in [0.1, 0.15) is 11.1 Å². The predicted octanol–water partition coefficient (Wildman–Crippen LogP) is 1.61. The molecule has 0 radical (unpaired) electrons. The normalized spacial score (nSPS) is 19.6. The zero-order valence-electron chi connectivity index (χ0n) is 14.0. The van der Waals surface area contributed by atoms with Crippen molar-refractivity contribution in [3.63, 3.8) is 0 Å². The Bertz CT molecular complexity index is 953. The Kier molecular flexibility index (Phi) is 4.42. The van der Waals surface area contributed by atoms with E-state index in [1.54, 1.807) is 0 Å². The van der Waals surface area contributed by atoms with E-state index in [1.165, 1.54) is 31.4 Å². The highest BCUT2D eigenvalue weighted by Gasteiger charge is 2.48. The van der Waals surface area contributed by atoms with Gasteiger partial charge in [0.2, 0.25) is 0 Å². The second-order valence-electron chi connectivity index (χ2n) is 5.89. The van der Waals surface area contributed by atoms with Gasteiger partial charge in [-0.25, -0.2) is 4.79 Å². The summed E-state index contributed by atoms with van der Waals surface area (Å²) in [6.07, 6.45) is -3.71. The Hall–Kier alpha value is -3.30. The zero-order valence-corrected chi connectivity index (χ0v) is 14.0. The average Bonchev–Trinajstić information content (AvgIpc) is 2.90. The monoisotopic (exact) mass is 381 g/mol. The quantitative estimate of drug-likeness (QED) is 0.788. The van der Waals surface area contributed by atoms with Crippen LogP contribution in [0.4, 0.5) is 18.0 Å². The van der Waals surface area contributed by atoms with Crippen LogP contribution >= 0.6 is 0 Å². The van der Waals surface area contributed by atoms with Gasteiger partial charge in [-0.3, -0.25) is 14.9 Å². The number of benzene rings is 1. The third kappa shape index (κ3) is 3.25. The van der Waals surface area contributed by atoms with E-state index < -0.39 is 41.3 Å². The molecule has 1 saturated heterocycles. The number of methoxy groups -OCH3 is 1. The van der Waals surface area contributed by atoms with Crippen molar-refractivity contribution in [1.82, 2.24) is 15.2 Å². The minimum atomic E-state index is -4.84. The smallest absolute Gasteiger partial charge is 0.421 e. The molecule has 2 aromatic rings. The molecule has 27 heavy (non-hydrogen) atoms. The third-order valence-electron chi connectivity index (χ3n) is 4.26. The number of nitrogens with zero attached hydrogens (tertiary/aromatic N) is 1. The number of carbonyl (C=O) groups is 2. The number of hydrogen-bond acceptors (Lipinski definition) is 4. The van der Waals surface area contributed by atoms with E-state index in [4.69, 9.17) is 4.74 Å². The molecule has 142 valence electrons. The van der Waals surface area contributed by atoms with Gasteiger partial charge in [0.25, 0.3) is 11.5 Å². The summed E-state index contributed by atoms with van der Waals surface area (Å²) in [5.74, 6) is -0.295. The van der Waals surface area contributed by atoms with Gasteiger partial charge in [0, 0.05) is 6.20 Å². The summed E-state index contributed by atoms with van der Waals surface area (Å²) in [5.41, 5.74) is -4.13. The van der Waals surface area contributed by atoms with Crippen LogP contribution < -0.4 is 20.9 Å². The van der Waals surface area contributed by atoms with Crippen LogP contribution in [0.15, 0.2) is 47.4 Å². The first-order valence-corrected chi connectivity index (χ1v) is 7.72. The molecule has 1 atom stereocenters. The molecule has 1 aromatic heterocycles. The Balaban J connectivity index is 2.10. The van der Waals surface area contributed by atoms with E-state index in [-0.39, 0.29) is 5.56 Å². The summed E-state index contributed by atoms with van der Waals surface area (Å²) in [4.78, 5) is 36.5. The van der Waals surface area contributed by atoms with Crippen molar-refractivity contribution in [3.05, 3.63) is 64.1 Å². The van der Waals surface area contributed by atoms with Crippen LogP contribution in [0.5, 0.6) is 5.75 Å². The Labute approximate surface area is 150 Å². The maximum atomic E-state index is 13.0. The molecule has 2 heterocycles. The highest BCUT2D eigenvalue weighted by Crippen LogP contribution is 2.30. The van der Waals surface area contributed by atoms with E-state index in [0.29, 0.717) is 11.8 Å². The molecule has 1 unspecified atom stereocenters. The molecular weight excluding hydrogens is 367 g/mol. The Morgan fingerprint density at radius 1 is 1.11 bits per heavy atom. The summed E-state index contributed by atoms with van der Waals surface area (Å²) < 4.78 is 44.8. The maximum Gasteiger partial charge on any atom is 0.421 e. The van der Waals surface area contributed by atoms with Crippen LogP contribution in [0.2, 0.25) is 0 Å². The van der Waals surface area contributed by atoms with E-state index in [2.05, 4.69) is 10.6 Å². The van der Waals surface area contributed by atoms with Crippen LogP contribution in [0.25, 0.3) is 0 Å². The second-order valence-corrected chi connectivity index (χ2v) is 5.89. The number of urea groups is 1. The topological polar surface area (TPSA) is 89.4 Å². The molecule has 1 aliphatic rings. The number of alkyl halides is 3. The van der Waals surface area contributed by atoms with Crippen molar-refractivity contribution in [2.24, 2.45) is 0 Å². The van der Waals surface area contributed by atoms with Gasteiger partial charge >= 0.3 is 12.2 Å². The number of aromatic nitrogens is 1. The van der Waals surface area contributed by atoms with Crippen molar-refractivity contribution >= 4 is 11.9 Å². The standard InChI is InChI=1S/C17H14F3N3O4/c1-27-11-6-4-10(5-7-11)16(14(25)21-15(26)22-16)9-23-8-2-3-12(13(23)24)17(18,19)20/h2-8H,9H2,1H3,(H2,21,22,25,26). The molecule has 0 spiro atoms. The fourth-order valence-electron chi connectivity index (χ4n) is 2.91. The van der Waals surface area contributed by atoms with Gasteiger partial charge in [-0.15, -0.1) is 0 Å². The minimum Gasteiger partial charge on any atom is -0.497 e. The summed E-state index contributed by atoms with van der Waals surface area (Å²) in [6, 6.07) is 6.95. The number of pyridine rings is 1. The summed E-state index contributed by atoms with van der Waals surface area (Å²) in [5, 5.41) is 4.48. The van der Waals surface area contributed by atoms with Crippen molar-refractivity contribution < 1.29 is 27.5 Å². The molecule has 0 aliphatic carbocycles. The molecule has 3 amide bonds. The molecule has 1 aliphatic heterocycles. The fraction of sp³-hybridized carbons (Fsp3) is 0.235. The van der Waals surface area contributed by atoms with E-state index in [0.717, 1.165) is 16.8 Å². The van der Waals surface area contributed by atoms with E-state index in [1.807, 2.05) is 0 Å². The lowest BCUT2D eigenvalue weighted by atomic mass is 9.89. The number of halogens is 3. The van der Waals surface area contributed by atoms with Crippen LogP contribution in [0, 0.1) is 0 Å². The highest BCUT2D eigenvalue weighted by molar-refractivity contribution is 6.07.